The van der Waals surface area contributed by atoms with Gasteiger partial charge in [-0.3, -0.25) is 4.98 Å². The molecule has 0 spiro atoms. The zero-order valence-corrected chi connectivity index (χ0v) is 10.3. The fourth-order valence-electron chi connectivity index (χ4n) is 1.82. The van der Waals surface area contributed by atoms with Crippen LogP contribution < -0.4 is 11.1 Å². The van der Waals surface area contributed by atoms with Gasteiger partial charge in [0.15, 0.2) is 5.65 Å². The Morgan fingerprint density at radius 3 is 3.00 bits per heavy atom. The minimum Gasteiger partial charge on any atom is -0.364 e. The molecule has 0 atom stereocenters. The van der Waals surface area contributed by atoms with Crippen LogP contribution in [0.3, 0.4) is 0 Å². The van der Waals surface area contributed by atoms with Gasteiger partial charge in [0.2, 0.25) is 0 Å². The summed E-state index contributed by atoms with van der Waals surface area (Å²) < 4.78 is 1.73. The van der Waals surface area contributed by atoms with Crippen molar-refractivity contribution in [2.75, 3.05) is 5.32 Å². The van der Waals surface area contributed by atoms with Crippen molar-refractivity contribution >= 4 is 11.5 Å². The van der Waals surface area contributed by atoms with Gasteiger partial charge in [0.25, 0.3) is 0 Å². The van der Waals surface area contributed by atoms with Gasteiger partial charge in [-0.05, 0) is 23.8 Å². The molecular formula is C13H14N6. The van der Waals surface area contributed by atoms with E-state index in [2.05, 4.69) is 20.4 Å². The van der Waals surface area contributed by atoms with Crippen LogP contribution >= 0.6 is 0 Å². The normalized spacial score (nSPS) is 10.8. The van der Waals surface area contributed by atoms with E-state index in [1.165, 1.54) is 0 Å². The van der Waals surface area contributed by atoms with Crippen molar-refractivity contribution < 1.29 is 0 Å². The molecule has 0 saturated carbocycles. The van der Waals surface area contributed by atoms with E-state index in [-0.39, 0.29) is 0 Å². The van der Waals surface area contributed by atoms with Crippen LogP contribution in [0.5, 0.6) is 0 Å². The lowest BCUT2D eigenvalue weighted by Gasteiger charge is -2.05. The smallest absolute Gasteiger partial charge is 0.153 e. The maximum absolute atomic E-state index is 5.56. The fraction of sp³-hybridized carbons (Fsp3) is 0.154. The summed E-state index contributed by atoms with van der Waals surface area (Å²) in [4.78, 5) is 8.40. The molecule has 3 rings (SSSR count). The minimum atomic E-state index is 0.418. The van der Waals surface area contributed by atoms with Crippen LogP contribution in [-0.4, -0.2) is 19.6 Å². The summed E-state index contributed by atoms with van der Waals surface area (Å²) in [5, 5.41) is 7.68. The number of nitrogens with one attached hydrogen (secondary N) is 1. The zero-order chi connectivity index (χ0) is 13.1. The Morgan fingerprint density at radius 1 is 1.26 bits per heavy atom. The van der Waals surface area contributed by atoms with Crippen molar-refractivity contribution in [1.29, 1.82) is 0 Å². The van der Waals surface area contributed by atoms with Gasteiger partial charge in [-0.25, -0.2) is 9.50 Å². The summed E-state index contributed by atoms with van der Waals surface area (Å²) in [6.07, 6.45) is 5.42. The van der Waals surface area contributed by atoms with Gasteiger partial charge in [0, 0.05) is 25.5 Å². The zero-order valence-electron chi connectivity index (χ0n) is 10.3. The molecule has 0 aliphatic carbocycles. The van der Waals surface area contributed by atoms with Crippen molar-refractivity contribution in [3.8, 4) is 0 Å². The molecular weight excluding hydrogens is 240 g/mol. The van der Waals surface area contributed by atoms with E-state index >= 15 is 0 Å². The first-order valence-corrected chi connectivity index (χ1v) is 6.03. The Kier molecular flexibility index (Phi) is 3.07. The second-order valence-electron chi connectivity index (χ2n) is 4.17. The van der Waals surface area contributed by atoms with Crippen molar-refractivity contribution in [1.82, 2.24) is 19.6 Å². The van der Waals surface area contributed by atoms with E-state index in [0.29, 0.717) is 13.1 Å². The number of hydrogen-bond acceptors (Lipinski definition) is 5. The van der Waals surface area contributed by atoms with E-state index in [0.717, 1.165) is 22.7 Å². The lowest BCUT2D eigenvalue weighted by molar-refractivity contribution is 0.918. The number of pyridine rings is 1. The SMILES string of the molecule is NCc1cn2nc(NCc3cccnc3)ccc2n1. The third-order valence-corrected chi connectivity index (χ3v) is 2.78. The molecule has 19 heavy (non-hydrogen) atoms. The lowest BCUT2D eigenvalue weighted by Crippen LogP contribution is -2.03. The van der Waals surface area contributed by atoms with Crippen LogP contribution in [0.25, 0.3) is 5.65 Å². The molecule has 0 bridgehead atoms. The monoisotopic (exact) mass is 254 g/mol. The van der Waals surface area contributed by atoms with Crippen molar-refractivity contribution in [2.45, 2.75) is 13.1 Å². The standard InChI is InChI=1S/C13H14N6/c14-6-11-9-19-13(17-11)4-3-12(18-19)16-8-10-2-1-5-15-7-10/h1-5,7,9H,6,8,14H2,(H,16,18). The van der Waals surface area contributed by atoms with E-state index in [4.69, 9.17) is 5.73 Å². The van der Waals surface area contributed by atoms with Crippen molar-refractivity contribution in [2.24, 2.45) is 5.73 Å². The highest BCUT2D eigenvalue weighted by atomic mass is 15.3. The third kappa shape index (κ3) is 2.53. The summed E-state index contributed by atoms with van der Waals surface area (Å²) in [5.41, 5.74) is 8.30. The summed E-state index contributed by atoms with van der Waals surface area (Å²) >= 11 is 0. The Hall–Kier alpha value is -2.47. The molecule has 96 valence electrons. The van der Waals surface area contributed by atoms with E-state index in [1.54, 1.807) is 10.7 Å². The Bertz CT molecular complexity index is 676. The van der Waals surface area contributed by atoms with Crippen LogP contribution in [-0.2, 0) is 13.1 Å². The highest BCUT2D eigenvalue weighted by molar-refractivity contribution is 5.45. The van der Waals surface area contributed by atoms with E-state index in [1.807, 2.05) is 36.7 Å². The second-order valence-corrected chi connectivity index (χ2v) is 4.17. The average molecular weight is 254 g/mol. The first-order valence-electron chi connectivity index (χ1n) is 6.03. The molecule has 0 aliphatic rings. The summed E-state index contributed by atoms with van der Waals surface area (Å²) in [6, 6.07) is 7.75. The first-order chi connectivity index (χ1) is 9.35. The fourth-order valence-corrected chi connectivity index (χ4v) is 1.82. The number of hydrogen-bond donors (Lipinski definition) is 2. The molecule has 3 aromatic heterocycles. The van der Waals surface area contributed by atoms with Gasteiger partial charge >= 0.3 is 0 Å². The number of imidazole rings is 1. The average Bonchev–Trinajstić information content (AvgIpc) is 2.88. The van der Waals surface area contributed by atoms with Crippen molar-refractivity contribution in [3.63, 3.8) is 0 Å². The topological polar surface area (TPSA) is 81.1 Å². The van der Waals surface area contributed by atoms with Crippen molar-refractivity contribution in [3.05, 3.63) is 54.1 Å². The number of fused-ring (bicyclic) bond motifs is 1. The quantitative estimate of drug-likeness (QED) is 0.731. The molecule has 0 unspecified atom stereocenters. The summed E-state index contributed by atoms with van der Waals surface area (Å²) in [7, 11) is 0. The van der Waals surface area contributed by atoms with Gasteiger partial charge in [0.05, 0.1) is 11.9 Å². The van der Waals surface area contributed by atoms with Crippen LogP contribution in [0.15, 0.2) is 42.9 Å². The predicted molar refractivity (Wildman–Crippen MR) is 72.4 cm³/mol. The number of rotatable bonds is 4. The van der Waals surface area contributed by atoms with Gasteiger partial charge in [-0.15, -0.1) is 5.10 Å². The molecule has 6 nitrogen and oxygen atoms in total. The maximum atomic E-state index is 5.56. The second kappa shape index (κ2) is 5.03. The largest absolute Gasteiger partial charge is 0.364 e. The minimum absolute atomic E-state index is 0.418. The van der Waals surface area contributed by atoms with Crippen LogP contribution in [0.4, 0.5) is 5.82 Å². The predicted octanol–water partition coefficient (Wildman–Crippen LogP) is 1.20. The van der Waals surface area contributed by atoms with Crippen LogP contribution in [0.2, 0.25) is 0 Å². The number of aromatic nitrogens is 4. The van der Waals surface area contributed by atoms with Gasteiger partial charge in [-0.1, -0.05) is 6.07 Å². The lowest BCUT2D eigenvalue weighted by atomic mass is 10.3. The highest BCUT2D eigenvalue weighted by Gasteiger charge is 2.02. The molecule has 3 heterocycles. The molecule has 0 saturated heterocycles. The van der Waals surface area contributed by atoms with E-state index in [9.17, 15) is 0 Å². The number of nitrogens with zero attached hydrogens (tertiary/aromatic N) is 4. The molecule has 0 radical (unpaired) electrons. The Balaban J connectivity index is 1.78. The Labute approximate surface area is 110 Å². The molecule has 6 heteroatoms. The van der Waals surface area contributed by atoms with Gasteiger partial charge < -0.3 is 11.1 Å². The van der Waals surface area contributed by atoms with E-state index < -0.39 is 0 Å². The first kappa shape index (κ1) is 11.6. The number of nitrogens with two attached hydrogens (primary N) is 1. The number of anilines is 1. The van der Waals surface area contributed by atoms with Gasteiger partial charge in [0.1, 0.15) is 5.82 Å². The van der Waals surface area contributed by atoms with Crippen LogP contribution in [0, 0.1) is 0 Å². The molecule has 3 aromatic rings. The summed E-state index contributed by atoms with van der Waals surface area (Å²) in [6.45, 7) is 1.10. The highest BCUT2D eigenvalue weighted by Crippen LogP contribution is 2.09. The van der Waals surface area contributed by atoms with Gasteiger partial charge in [-0.2, -0.15) is 0 Å². The molecule has 0 fully saturated rings. The third-order valence-electron chi connectivity index (χ3n) is 2.78. The maximum Gasteiger partial charge on any atom is 0.153 e. The van der Waals surface area contributed by atoms with Crippen LogP contribution in [0.1, 0.15) is 11.3 Å². The molecule has 3 N–H and O–H groups in total. The Morgan fingerprint density at radius 2 is 2.21 bits per heavy atom. The summed E-state index contributed by atoms with van der Waals surface area (Å²) in [5.74, 6) is 0.789. The molecule has 0 aliphatic heterocycles. The molecule has 0 amide bonds. The molecule has 0 aromatic carbocycles.